The summed E-state index contributed by atoms with van der Waals surface area (Å²) in [6, 6.07) is 21.7. The van der Waals surface area contributed by atoms with Crippen LogP contribution in [0.2, 0.25) is 0 Å². The predicted octanol–water partition coefficient (Wildman–Crippen LogP) is 5.33. The Bertz CT molecular complexity index is 1340. The number of pyridine rings is 1. The molecule has 0 aliphatic carbocycles. The molecular weight excluding hydrogens is 393 g/mol. The lowest BCUT2D eigenvalue weighted by molar-refractivity contribution is 0.0951. The van der Waals surface area contributed by atoms with Crippen LogP contribution in [-0.4, -0.2) is 15.3 Å². The van der Waals surface area contributed by atoms with E-state index < -0.39 is 0 Å². The number of nitrogens with one attached hydrogen (secondary N) is 1. The molecule has 152 valence electrons. The highest BCUT2D eigenvalue weighted by atomic mass is 19.1. The summed E-state index contributed by atoms with van der Waals surface area (Å²) in [6.07, 6.45) is 4.77. The molecule has 0 fully saturated rings. The smallest absolute Gasteiger partial charge is 0.253 e. The van der Waals surface area contributed by atoms with Crippen molar-refractivity contribution in [3.8, 4) is 22.5 Å². The van der Waals surface area contributed by atoms with Gasteiger partial charge in [0.2, 0.25) is 0 Å². The number of nitrogens with zero attached hydrogens (tertiary/aromatic N) is 2. The maximum atomic E-state index is 13.3. The number of oxazole rings is 1. The van der Waals surface area contributed by atoms with Crippen LogP contribution >= 0.6 is 0 Å². The minimum absolute atomic E-state index is 0.200. The van der Waals surface area contributed by atoms with Gasteiger partial charge in [-0.1, -0.05) is 48.5 Å². The second-order valence-electron chi connectivity index (χ2n) is 7.17. The van der Waals surface area contributed by atoms with Crippen LogP contribution < -0.4 is 5.32 Å². The van der Waals surface area contributed by atoms with Crippen LogP contribution in [0.15, 0.2) is 96.1 Å². The zero-order chi connectivity index (χ0) is 21.2. The Morgan fingerprint density at radius 1 is 1.00 bits per heavy atom. The Morgan fingerprint density at radius 2 is 1.77 bits per heavy atom. The van der Waals surface area contributed by atoms with E-state index in [0.29, 0.717) is 23.5 Å². The summed E-state index contributed by atoms with van der Waals surface area (Å²) in [5.41, 5.74) is 5.32. The van der Waals surface area contributed by atoms with Gasteiger partial charge in [0.25, 0.3) is 5.91 Å². The Labute approximate surface area is 177 Å². The van der Waals surface area contributed by atoms with E-state index in [1.54, 1.807) is 12.1 Å². The van der Waals surface area contributed by atoms with Gasteiger partial charge in [0.15, 0.2) is 6.39 Å². The first-order valence-electron chi connectivity index (χ1n) is 9.81. The van der Waals surface area contributed by atoms with Crippen LogP contribution in [0, 0.1) is 5.82 Å². The fourth-order valence-corrected chi connectivity index (χ4v) is 3.62. The van der Waals surface area contributed by atoms with Gasteiger partial charge in [-0.25, -0.2) is 9.37 Å². The summed E-state index contributed by atoms with van der Waals surface area (Å²) in [5.74, 6) is -0.486. The van der Waals surface area contributed by atoms with Gasteiger partial charge < -0.3 is 14.1 Å². The third-order valence-corrected chi connectivity index (χ3v) is 5.16. The lowest BCUT2D eigenvalue weighted by atomic mass is 10.1. The summed E-state index contributed by atoms with van der Waals surface area (Å²) in [5, 5.41) is 2.98. The molecule has 31 heavy (non-hydrogen) atoms. The Balaban J connectivity index is 1.57. The highest BCUT2D eigenvalue weighted by molar-refractivity contribution is 6.02. The van der Waals surface area contributed by atoms with Crippen LogP contribution in [0.25, 0.3) is 28.0 Å². The van der Waals surface area contributed by atoms with Crippen molar-refractivity contribution in [3.63, 3.8) is 0 Å². The van der Waals surface area contributed by atoms with Crippen LogP contribution in [0.3, 0.4) is 0 Å². The summed E-state index contributed by atoms with van der Waals surface area (Å²) in [6.45, 7) is 0.422. The molecule has 0 radical (unpaired) electrons. The molecular formula is C25H18FN3O2. The molecule has 3 aromatic heterocycles. The zero-order valence-electron chi connectivity index (χ0n) is 16.5. The summed E-state index contributed by atoms with van der Waals surface area (Å²) >= 11 is 0. The van der Waals surface area contributed by atoms with E-state index >= 15 is 0 Å². The zero-order valence-corrected chi connectivity index (χ0v) is 16.5. The number of amides is 1. The van der Waals surface area contributed by atoms with Crippen LogP contribution in [0.5, 0.6) is 0 Å². The van der Waals surface area contributed by atoms with Crippen molar-refractivity contribution in [2.45, 2.75) is 6.54 Å². The van der Waals surface area contributed by atoms with Crippen molar-refractivity contribution in [1.29, 1.82) is 0 Å². The Hall–Kier alpha value is -4.19. The van der Waals surface area contributed by atoms with Crippen molar-refractivity contribution < 1.29 is 13.6 Å². The summed E-state index contributed by atoms with van der Waals surface area (Å²) < 4.78 is 20.4. The van der Waals surface area contributed by atoms with Crippen molar-refractivity contribution in [2.75, 3.05) is 0 Å². The van der Waals surface area contributed by atoms with Gasteiger partial charge in [0.05, 0.1) is 11.3 Å². The number of aromatic nitrogens is 2. The van der Waals surface area contributed by atoms with Gasteiger partial charge >= 0.3 is 0 Å². The van der Waals surface area contributed by atoms with E-state index in [-0.39, 0.29) is 11.7 Å². The molecule has 5 rings (SSSR count). The number of hydrogen-bond acceptors (Lipinski definition) is 3. The van der Waals surface area contributed by atoms with Crippen LogP contribution in [0.1, 0.15) is 15.9 Å². The number of halogens is 1. The fraction of sp³-hybridized carbons (Fsp3) is 0.0400. The SMILES string of the molecule is O=C(NCc1ccccc1)c1cc2ccc(-c3ccc(F)cc3)cn2c1-c1cocn1. The van der Waals surface area contributed by atoms with Crippen LogP contribution in [0.4, 0.5) is 4.39 Å². The van der Waals surface area contributed by atoms with Gasteiger partial charge in [0.1, 0.15) is 17.8 Å². The molecule has 0 bridgehead atoms. The summed E-state index contributed by atoms with van der Waals surface area (Å²) in [4.78, 5) is 17.3. The topological polar surface area (TPSA) is 59.5 Å². The number of benzene rings is 2. The number of carbonyl (C=O) groups is 1. The average molecular weight is 411 g/mol. The van der Waals surface area contributed by atoms with Gasteiger partial charge in [0, 0.05) is 18.3 Å². The number of rotatable bonds is 5. The number of carbonyl (C=O) groups excluding carboxylic acids is 1. The van der Waals surface area contributed by atoms with E-state index in [1.165, 1.54) is 24.8 Å². The van der Waals surface area contributed by atoms with Crippen molar-refractivity contribution in [3.05, 3.63) is 109 Å². The predicted molar refractivity (Wildman–Crippen MR) is 116 cm³/mol. The van der Waals surface area contributed by atoms with Gasteiger partial charge in [-0.2, -0.15) is 0 Å². The first-order valence-corrected chi connectivity index (χ1v) is 9.81. The summed E-state index contributed by atoms with van der Waals surface area (Å²) in [7, 11) is 0. The third kappa shape index (κ3) is 3.71. The standard InChI is InChI=1S/C25H18FN3O2/c26-20-9-6-18(7-10-20)19-8-11-21-12-22(24(29(21)14-19)23-15-31-16-28-23)25(30)27-13-17-4-2-1-3-5-17/h1-12,14-16H,13H2,(H,27,30). The normalized spacial score (nSPS) is 11.0. The first kappa shape index (κ1) is 18.8. The minimum Gasteiger partial charge on any atom is -0.451 e. The van der Waals surface area contributed by atoms with E-state index in [0.717, 1.165) is 22.2 Å². The fourth-order valence-electron chi connectivity index (χ4n) is 3.62. The van der Waals surface area contributed by atoms with E-state index in [1.807, 2.05) is 59.1 Å². The molecule has 5 nitrogen and oxygen atoms in total. The minimum atomic E-state index is -0.286. The number of hydrogen-bond donors (Lipinski definition) is 1. The molecule has 0 aliphatic rings. The van der Waals surface area contributed by atoms with Gasteiger partial charge in [-0.05, 0) is 41.0 Å². The van der Waals surface area contributed by atoms with Gasteiger partial charge in [-0.3, -0.25) is 4.79 Å². The Kier molecular flexibility index (Phi) is 4.80. The second-order valence-corrected chi connectivity index (χ2v) is 7.17. The average Bonchev–Trinajstić information content (AvgIpc) is 3.46. The maximum Gasteiger partial charge on any atom is 0.253 e. The van der Waals surface area contributed by atoms with Gasteiger partial charge in [-0.15, -0.1) is 0 Å². The molecule has 6 heteroatoms. The largest absolute Gasteiger partial charge is 0.451 e. The molecule has 0 unspecified atom stereocenters. The first-order chi connectivity index (χ1) is 15.2. The molecule has 0 atom stereocenters. The molecule has 2 aromatic carbocycles. The quantitative estimate of drug-likeness (QED) is 0.425. The molecule has 3 heterocycles. The van der Waals surface area contributed by atoms with Crippen molar-refractivity contribution in [2.24, 2.45) is 0 Å². The lowest BCUT2D eigenvalue weighted by Gasteiger charge is -2.08. The molecule has 0 aliphatic heterocycles. The second kappa shape index (κ2) is 7.91. The molecule has 1 N–H and O–H groups in total. The highest BCUT2D eigenvalue weighted by Crippen LogP contribution is 2.29. The van der Waals surface area contributed by atoms with Crippen molar-refractivity contribution >= 4 is 11.4 Å². The molecule has 5 aromatic rings. The molecule has 0 spiro atoms. The van der Waals surface area contributed by atoms with E-state index in [4.69, 9.17) is 4.42 Å². The molecule has 0 saturated carbocycles. The third-order valence-electron chi connectivity index (χ3n) is 5.16. The molecule has 0 saturated heterocycles. The monoisotopic (exact) mass is 411 g/mol. The maximum absolute atomic E-state index is 13.3. The van der Waals surface area contributed by atoms with Crippen molar-refractivity contribution in [1.82, 2.24) is 14.7 Å². The van der Waals surface area contributed by atoms with E-state index in [2.05, 4.69) is 10.3 Å². The highest BCUT2D eigenvalue weighted by Gasteiger charge is 2.20. The Morgan fingerprint density at radius 3 is 2.52 bits per heavy atom. The lowest BCUT2D eigenvalue weighted by Crippen LogP contribution is -2.23. The van der Waals surface area contributed by atoms with Crippen LogP contribution in [-0.2, 0) is 6.54 Å². The number of fused-ring (bicyclic) bond motifs is 1. The van der Waals surface area contributed by atoms with E-state index in [9.17, 15) is 9.18 Å². The molecule has 1 amide bonds.